The third-order valence-electron chi connectivity index (χ3n) is 2.97. The Hall–Kier alpha value is -2.45. The molecule has 0 aliphatic heterocycles. The molecule has 0 saturated carbocycles. The zero-order valence-electron chi connectivity index (χ0n) is 12.7. The SMILES string of the molecule is CC#Cc1cncc(C(=O)N=S(C)(=O)c2ccc(C)cc2)c1. The third kappa shape index (κ3) is 3.80. The van der Waals surface area contributed by atoms with Gasteiger partial charge in [-0.15, -0.1) is 5.92 Å². The number of aromatic nitrogens is 1. The minimum atomic E-state index is -2.79. The predicted octanol–water partition coefficient (Wildman–Crippen LogP) is 3.06. The van der Waals surface area contributed by atoms with Crippen molar-refractivity contribution in [3.8, 4) is 11.8 Å². The summed E-state index contributed by atoms with van der Waals surface area (Å²) in [5.74, 6) is 5.01. The number of benzene rings is 1. The van der Waals surface area contributed by atoms with E-state index < -0.39 is 15.6 Å². The molecule has 0 bridgehead atoms. The molecule has 112 valence electrons. The average molecular weight is 312 g/mol. The molecule has 1 heterocycles. The van der Waals surface area contributed by atoms with E-state index in [4.69, 9.17) is 0 Å². The van der Waals surface area contributed by atoms with Crippen molar-refractivity contribution in [1.29, 1.82) is 0 Å². The van der Waals surface area contributed by atoms with Crippen LogP contribution >= 0.6 is 0 Å². The van der Waals surface area contributed by atoms with Gasteiger partial charge in [-0.05, 0) is 32.0 Å². The molecule has 1 aromatic carbocycles. The number of hydrogen-bond donors (Lipinski definition) is 0. The van der Waals surface area contributed by atoms with Crippen molar-refractivity contribution in [2.24, 2.45) is 4.36 Å². The number of rotatable bonds is 2. The first-order valence-electron chi connectivity index (χ1n) is 6.63. The van der Waals surface area contributed by atoms with Crippen LogP contribution in [0.5, 0.6) is 0 Å². The fourth-order valence-corrected chi connectivity index (χ4v) is 2.99. The number of amides is 1. The van der Waals surface area contributed by atoms with Crippen LogP contribution in [0.3, 0.4) is 0 Å². The number of carbonyl (C=O) groups is 1. The van der Waals surface area contributed by atoms with Crippen LogP contribution in [0.1, 0.15) is 28.4 Å². The molecule has 2 rings (SSSR count). The quantitative estimate of drug-likeness (QED) is 0.801. The lowest BCUT2D eigenvalue weighted by Crippen LogP contribution is -2.04. The monoisotopic (exact) mass is 312 g/mol. The number of hydrogen-bond acceptors (Lipinski definition) is 3. The summed E-state index contributed by atoms with van der Waals surface area (Å²) in [5, 5.41) is 0. The summed E-state index contributed by atoms with van der Waals surface area (Å²) in [6.45, 7) is 3.64. The van der Waals surface area contributed by atoms with E-state index in [1.807, 2.05) is 19.1 Å². The van der Waals surface area contributed by atoms with Gasteiger partial charge in [-0.1, -0.05) is 23.6 Å². The van der Waals surface area contributed by atoms with Crippen LogP contribution in [0, 0.1) is 18.8 Å². The molecule has 0 saturated heterocycles. The number of nitrogens with zero attached hydrogens (tertiary/aromatic N) is 2. The smallest absolute Gasteiger partial charge is 0.266 e. The second-order valence-electron chi connectivity index (χ2n) is 4.85. The van der Waals surface area contributed by atoms with Gasteiger partial charge >= 0.3 is 0 Å². The van der Waals surface area contributed by atoms with Crippen LogP contribution in [-0.4, -0.2) is 21.4 Å². The van der Waals surface area contributed by atoms with Crippen molar-refractivity contribution in [3.05, 3.63) is 59.4 Å². The van der Waals surface area contributed by atoms with E-state index in [9.17, 15) is 9.00 Å². The topological polar surface area (TPSA) is 59.4 Å². The average Bonchev–Trinajstić information content (AvgIpc) is 2.48. The lowest BCUT2D eigenvalue weighted by Gasteiger charge is -2.04. The van der Waals surface area contributed by atoms with Gasteiger partial charge in [0.2, 0.25) is 0 Å². The molecule has 0 radical (unpaired) electrons. The molecule has 1 atom stereocenters. The van der Waals surface area contributed by atoms with Gasteiger partial charge in [-0.3, -0.25) is 9.78 Å². The Kier molecular flexibility index (Phi) is 4.74. The Morgan fingerprint density at radius 2 is 1.91 bits per heavy atom. The highest BCUT2D eigenvalue weighted by Gasteiger charge is 2.12. The highest BCUT2D eigenvalue weighted by Crippen LogP contribution is 2.14. The number of pyridine rings is 1. The normalized spacial score (nSPS) is 12.7. The Balaban J connectivity index is 2.40. The second kappa shape index (κ2) is 6.54. The maximum atomic E-state index is 12.7. The van der Waals surface area contributed by atoms with Crippen LogP contribution in [-0.2, 0) is 9.73 Å². The lowest BCUT2D eigenvalue weighted by molar-refractivity contribution is 0.100. The summed E-state index contributed by atoms with van der Waals surface area (Å²) < 4.78 is 16.5. The molecule has 1 unspecified atom stereocenters. The van der Waals surface area contributed by atoms with Crippen LogP contribution < -0.4 is 0 Å². The van der Waals surface area contributed by atoms with E-state index in [2.05, 4.69) is 21.2 Å². The molecular formula is C17H16N2O2S. The standard InChI is InChI=1S/C17H16N2O2S/c1-4-5-14-10-15(12-18-11-14)17(20)19-22(3,21)16-8-6-13(2)7-9-16/h6-12H,1-3H3. The zero-order chi connectivity index (χ0) is 16.2. The van der Waals surface area contributed by atoms with E-state index in [-0.39, 0.29) is 5.56 Å². The molecule has 4 nitrogen and oxygen atoms in total. The molecule has 1 amide bonds. The van der Waals surface area contributed by atoms with Crippen molar-refractivity contribution in [3.63, 3.8) is 0 Å². The fourth-order valence-electron chi connectivity index (χ4n) is 1.82. The maximum absolute atomic E-state index is 12.7. The first kappa shape index (κ1) is 15.9. The lowest BCUT2D eigenvalue weighted by atomic mass is 10.2. The minimum Gasteiger partial charge on any atom is -0.266 e. The van der Waals surface area contributed by atoms with Crippen LogP contribution in [0.2, 0.25) is 0 Å². The van der Waals surface area contributed by atoms with Gasteiger partial charge in [0.1, 0.15) is 0 Å². The van der Waals surface area contributed by atoms with Crippen molar-refractivity contribution in [2.75, 3.05) is 6.26 Å². The Bertz CT molecular complexity index is 881. The Morgan fingerprint density at radius 1 is 1.23 bits per heavy atom. The number of carbonyl (C=O) groups excluding carboxylic acids is 1. The summed E-state index contributed by atoms with van der Waals surface area (Å²) in [5.41, 5.74) is 1.96. The van der Waals surface area contributed by atoms with Crippen molar-refractivity contribution in [2.45, 2.75) is 18.7 Å². The molecule has 0 N–H and O–H groups in total. The van der Waals surface area contributed by atoms with Crippen LogP contribution in [0.15, 0.2) is 52.0 Å². The molecular weight excluding hydrogens is 296 g/mol. The predicted molar refractivity (Wildman–Crippen MR) is 87.1 cm³/mol. The summed E-state index contributed by atoms with van der Waals surface area (Å²) in [6, 6.07) is 8.74. The van der Waals surface area contributed by atoms with Gasteiger partial charge in [0.15, 0.2) is 0 Å². The highest BCUT2D eigenvalue weighted by molar-refractivity contribution is 7.93. The molecule has 22 heavy (non-hydrogen) atoms. The van der Waals surface area contributed by atoms with Gasteiger partial charge in [0.25, 0.3) is 5.91 Å². The molecule has 0 spiro atoms. The molecule has 0 aliphatic carbocycles. The van der Waals surface area contributed by atoms with Crippen molar-refractivity contribution >= 4 is 15.6 Å². The third-order valence-corrected chi connectivity index (χ3v) is 4.63. The summed E-state index contributed by atoms with van der Waals surface area (Å²) in [4.78, 5) is 16.7. The van der Waals surface area contributed by atoms with Gasteiger partial charge in [-0.25, -0.2) is 4.21 Å². The van der Waals surface area contributed by atoms with Crippen LogP contribution in [0.25, 0.3) is 0 Å². The van der Waals surface area contributed by atoms with Crippen molar-refractivity contribution < 1.29 is 9.00 Å². The van der Waals surface area contributed by atoms with E-state index in [1.165, 1.54) is 12.5 Å². The van der Waals surface area contributed by atoms with Crippen molar-refractivity contribution in [1.82, 2.24) is 4.98 Å². The maximum Gasteiger partial charge on any atom is 0.286 e. The summed E-state index contributed by atoms with van der Waals surface area (Å²) in [6.07, 6.45) is 4.42. The second-order valence-corrected chi connectivity index (χ2v) is 7.11. The largest absolute Gasteiger partial charge is 0.286 e. The zero-order valence-corrected chi connectivity index (χ0v) is 13.5. The molecule has 5 heteroatoms. The van der Waals surface area contributed by atoms with E-state index in [1.54, 1.807) is 31.3 Å². The molecule has 1 aromatic heterocycles. The number of aryl methyl sites for hydroxylation is 1. The minimum absolute atomic E-state index is 0.280. The highest BCUT2D eigenvalue weighted by atomic mass is 32.2. The van der Waals surface area contributed by atoms with E-state index >= 15 is 0 Å². The molecule has 2 aromatic rings. The van der Waals surface area contributed by atoms with Gasteiger partial charge in [-0.2, -0.15) is 4.36 Å². The molecule has 0 aliphatic rings. The Morgan fingerprint density at radius 3 is 2.55 bits per heavy atom. The first-order chi connectivity index (χ1) is 10.4. The van der Waals surface area contributed by atoms with Gasteiger partial charge < -0.3 is 0 Å². The van der Waals surface area contributed by atoms with E-state index in [0.29, 0.717) is 10.5 Å². The first-order valence-corrected chi connectivity index (χ1v) is 8.56. The van der Waals surface area contributed by atoms with E-state index in [0.717, 1.165) is 5.56 Å². The summed E-state index contributed by atoms with van der Waals surface area (Å²) >= 11 is 0. The van der Waals surface area contributed by atoms with Gasteiger partial charge in [0, 0.05) is 29.1 Å². The summed E-state index contributed by atoms with van der Waals surface area (Å²) in [7, 11) is -2.79. The Labute approximate surface area is 130 Å². The molecule has 0 fully saturated rings. The van der Waals surface area contributed by atoms with Gasteiger partial charge in [0.05, 0.1) is 15.3 Å². The van der Waals surface area contributed by atoms with Crippen LogP contribution in [0.4, 0.5) is 0 Å². The fraction of sp³-hybridized carbons (Fsp3) is 0.176.